The minimum atomic E-state index is 0.398. The molecule has 1 aromatic heterocycles. The van der Waals surface area contributed by atoms with Gasteiger partial charge in [0.25, 0.3) is 0 Å². The van der Waals surface area contributed by atoms with Crippen LogP contribution in [0.1, 0.15) is 55.6 Å². The van der Waals surface area contributed by atoms with E-state index in [0.717, 1.165) is 23.9 Å². The molecule has 15 heavy (non-hydrogen) atoms. The Balaban J connectivity index is 2.04. The van der Waals surface area contributed by atoms with E-state index in [0.29, 0.717) is 12.0 Å². The van der Waals surface area contributed by atoms with Crippen molar-refractivity contribution in [3.63, 3.8) is 0 Å². The summed E-state index contributed by atoms with van der Waals surface area (Å²) < 4.78 is 0. The minimum absolute atomic E-state index is 0.398. The summed E-state index contributed by atoms with van der Waals surface area (Å²) in [6.45, 7) is 7.60. The van der Waals surface area contributed by atoms with Gasteiger partial charge in [-0.3, -0.25) is 0 Å². The Labute approximate surface area is 95.3 Å². The maximum Gasteiger partial charge on any atom is 0.134 e. The molecule has 1 N–H and O–H groups in total. The second kappa shape index (κ2) is 4.58. The van der Waals surface area contributed by atoms with Crippen molar-refractivity contribution in [3.8, 4) is 0 Å². The van der Waals surface area contributed by atoms with Gasteiger partial charge < -0.3 is 5.32 Å². The third kappa shape index (κ3) is 2.37. The van der Waals surface area contributed by atoms with Crippen LogP contribution in [0, 0.1) is 5.92 Å². The molecular formula is C11H19N3S. The van der Waals surface area contributed by atoms with Crippen molar-refractivity contribution in [2.45, 2.75) is 45.6 Å². The second-order valence-electron chi connectivity index (χ2n) is 4.32. The highest BCUT2D eigenvalue weighted by Gasteiger charge is 2.37. The molecule has 1 fully saturated rings. The lowest BCUT2D eigenvalue weighted by molar-refractivity contribution is 0.530. The van der Waals surface area contributed by atoms with Crippen LogP contribution in [-0.2, 0) is 0 Å². The van der Waals surface area contributed by atoms with E-state index < -0.39 is 0 Å². The Morgan fingerprint density at radius 2 is 2.20 bits per heavy atom. The average molecular weight is 225 g/mol. The van der Waals surface area contributed by atoms with Crippen molar-refractivity contribution in [2.75, 3.05) is 6.54 Å². The van der Waals surface area contributed by atoms with E-state index in [-0.39, 0.29) is 0 Å². The van der Waals surface area contributed by atoms with Crippen LogP contribution in [-0.4, -0.2) is 16.7 Å². The number of hydrogen-bond acceptors (Lipinski definition) is 4. The van der Waals surface area contributed by atoms with Crippen LogP contribution in [0.4, 0.5) is 0 Å². The van der Waals surface area contributed by atoms with Crippen LogP contribution in [0.2, 0.25) is 0 Å². The van der Waals surface area contributed by atoms with Gasteiger partial charge in [-0.25, -0.2) is 0 Å². The minimum Gasteiger partial charge on any atom is -0.308 e. The molecule has 3 unspecified atom stereocenters. The van der Waals surface area contributed by atoms with Crippen LogP contribution in [0.3, 0.4) is 0 Å². The van der Waals surface area contributed by atoms with Crippen molar-refractivity contribution in [1.82, 2.24) is 15.5 Å². The van der Waals surface area contributed by atoms with E-state index in [1.54, 1.807) is 11.3 Å². The van der Waals surface area contributed by atoms with Crippen molar-refractivity contribution in [1.29, 1.82) is 0 Å². The maximum absolute atomic E-state index is 4.31. The predicted molar refractivity (Wildman–Crippen MR) is 63.1 cm³/mol. The summed E-state index contributed by atoms with van der Waals surface area (Å²) in [6.07, 6.45) is 2.38. The Morgan fingerprint density at radius 3 is 2.73 bits per heavy atom. The van der Waals surface area contributed by atoms with E-state index >= 15 is 0 Å². The average Bonchev–Trinajstić information content (AvgIpc) is 2.80. The van der Waals surface area contributed by atoms with Crippen LogP contribution in [0.5, 0.6) is 0 Å². The van der Waals surface area contributed by atoms with Gasteiger partial charge in [0.1, 0.15) is 10.0 Å². The number of hydrogen-bond donors (Lipinski definition) is 1. The van der Waals surface area contributed by atoms with Gasteiger partial charge in [-0.15, -0.1) is 10.2 Å². The van der Waals surface area contributed by atoms with E-state index in [1.807, 2.05) is 0 Å². The quantitative estimate of drug-likeness (QED) is 0.837. The zero-order chi connectivity index (χ0) is 10.8. The lowest BCUT2D eigenvalue weighted by Crippen LogP contribution is -2.19. The first-order chi connectivity index (χ1) is 7.26. The highest BCUT2D eigenvalue weighted by atomic mass is 32.1. The van der Waals surface area contributed by atoms with Crippen molar-refractivity contribution < 1.29 is 0 Å². The first-order valence-electron chi connectivity index (χ1n) is 5.82. The second-order valence-corrected chi connectivity index (χ2v) is 5.36. The Kier molecular flexibility index (Phi) is 3.36. The molecule has 4 heteroatoms. The van der Waals surface area contributed by atoms with Gasteiger partial charge in [0.15, 0.2) is 0 Å². The SMILES string of the molecule is CCNC(CC)c1nnc(C2CC2C)s1. The van der Waals surface area contributed by atoms with Gasteiger partial charge in [0.2, 0.25) is 0 Å². The first kappa shape index (κ1) is 11.0. The molecule has 1 aliphatic carbocycles. The summed E-state index contributed by atoms with van der Waals surface area (Å²) in [7, 11) is 0. The summed E-state index contributed by atoms with van der Waals surface area (Å²) in [5, 5.41) is 14.5. The highest BCUT2D eigenvalue weighted by molar-refractivity contribution is 7.11. The molecule has 1 saturated carbocycles. The van der Waals surface area contributed by atoms with Crippen LogP contribution in [0.25, 0.3) is 0 Å². The smallest absolute Gasteiger partial charge is 0.134 e. The molecule has 3 atom stereocenters. The largest absolute Gasteiger partial charge is 0.308 e. The number of rotatable bonds is 5. The number of nitrogens with zero attached hydrogens (tertiary/aromatic N) is 2. The molecule has 84 valence electrons. The zero-order valence-electron chi connectivity index (χ0n) is 9.66. The molecule has 3 nitrogen and oxygen atoms in total. The molecule has 0 bridgehead atoms. The standard InChI is InChI=1S/C11H19N3S/c1-4-9(12-5-2)11-14-13-10(15-11)8-6-7(8)3/h7-9,12H,4-6H2,1-3H3. The molecule has 0 radical (unpaired) electrons. The van der Waals surface area contributed by atoms with Crippen LogP contribution in [0.15, 0.2) is 0 Å². The Hall–Kier alpha value is -0.480. The molecule has 0 spiro atoms. The molecule has 2 rings (SSSR count). The molecule has 0 aromatic carbocycles. The third-order valence-corrected chi connectivity index (χ3v) is 4.21. The van der Waals surface area contributed by atoms with Crippen molar-refractivity contribution >= 4 is 11.3 Å². The molecule has 0 aliphatic heterocycles. The molecular weight excluding hydrogens is 206 g/mol. The predicted octanol–water partition coefficient (Wildman–Crippen LogP) is 2.72. The van der Waals surface area contributed by atoms with Crippen LogP contribution >= 0.6 is 11.3 Å². The van der Waals surface area contributed by atoms with Gasteiger partial charge in [-0.2, -0.15) is 0 Å². The van der Waals surface area contributed by atoms with Gasteiger partial charge in [-0.1, -0.05) is 32.1 Å². The third-order valence-electron chi connectivity index (χ3n) is 3.04. The highest BCUT2D eigenvalue weighted by Crippen LogP contribution is 2.48. The summed E-state index contributed by atoms with van der Waals surface area (Å²) in [5.74, 6) is 1.53. The van der Waals surface area contributed by atoms with Gasteiger partial charge in [-0.05, 0) is 25.3 Å². The topological polar surface area (TPSA) is 37.8 Å². The van der Waals surface area contributed by atoms with E-state index in [9.17, 15) is 0 Å². The summed E-state index contributed by atoms with van der Waals surface area (Å²) in [4.78, 5) is 0. The molecule has 1 heterocycles. The van der Waals surface area contributed by atoms with E-state index in [1.165, 1.54) is 11.4 Å². The molecule has 0 amide bonds. The van der Waals surface area contributed by atoms with Gasteiger partial charge in [0.05, 0.1) is 6.04 Å². The summed E-state index contributed by atoms with van der Waals surface area (Å²) in [5.41, 5.74) is 0. The number of nitrogens with one attached hydrogen (secondary N) is 1. The van der Waals surface area contributed by atoms with Crippen molar-refractivity contribution in [3.05, 3.63) is 10.0 Å². The fraction of sp³-hybridized carbons (Fsp3) is 0.818. The molecule has 1 aromatic rings. The first-order valence-corrected chi connectivity index (χ1v) is 6.64. The van der Waals surface area contributed by atoms with Gasteiger partial charge >= 0.3 is 0 Å². The van der Waals surface area contributed by atoms with Crippen LogP contribution < -0.4 is 5.32 Å². The number of aromatic nitrogens is 2. The maximum atomic E-state index is 4.31. The van der Waals surface area contributed by atoms with E-state index in [2.05, 4.69) is 36.3 Å². The molecule has 1 aliphatic rings. The summed E-state index contributed by atoms with van der Waals surface area (Å²) in [6, 6.07) is 0.398. The fourth-order valence-corrected chi connectivity index (χ4v) is 3.11. The monoisotopic (exact) mass is 225 g/mol. The lowest BCUT2D eigenvalue weighted by atomic mass is 10.2. The van der Waals surface area contributed by atoms with E-state index in [4.69, 9.17) is 0 Å². The Morgan fingerprint density at radius 1 is 1.47 bits per heavy atom. The zero-order valence-corrected chi connectivity index (χ0v) is 10.5. The fourth-order valence-electron chi connectivity index (χ4n) is 1.86. The van der Waals surface area contributed by atoms with Gasteiger partial charge in [0, 0.05) is 5.92 Å². The Bertz CT molecular complexity index is 323. The normalized spacial score (nSPS) is 26.6. The van der Waals surface area contributed by atoms with Crippen molar-refractivity contribution in [2.24, 2.45) is 5.92 Å². The summed E-state index contributed by atoms with van der Waals surface area (Å²) >= 11 is 1.80. The lowest BCUT2D eigenvalue weighted by Gasteiger charge is -2.10. The molecule has 0 saturated heterocycles.